The first-order valence-corrected chi connectivity index (χ1v) is 12.5. The van der Waals surface area contributed by atoms with Gasteiger partial charge in [0.1, 0.15) is 22.2 Å². The molecule has 0 aliphatic rings. The van der Waals surface area contributed by atoms with E-state index in [-0.39, 0.29) is 5.69 Å². The molecule has 0 saturated heterocycles. The lowest BCUT2D eigenvalue weighted by molar-refractivity contribution is -0.275. The summed E-state index contributed by atoms with van der Waals surface area (Å²) >= 11 is 0. The van der Waals surface area contributed by atoms with Gasteiger partial charge in [-0.2, -0.15) is 4.98 Å². The van der Waals surface area contributed by atoms with Gasteiger partial charge in [-0.25, -0.2) is 13.4 Å². The van der Waals surface area contributed by atoms with Gasteiger partial charge in [-0.1, -0.05) is 12.1 Å². The Bertz CT molecular complexity index is 1510. The van der Waals surface area contributed by atoms with Gasteiger partial charge in [-0.05, 0) is 67.6 Å². The van der Waals surface area contributed by atoms with Crippen molar-refractivity contribution in [1.29, 1.82) is 0 Å². The van der Waals surface area contributed by atoms with E-state index in [4.69, 9.17) is 4.74 Å². The van der Waals surface area contributed by atoms with Crippen molar-refractivity contribution >= 4 is 38.9 Å². The van der Waals surface area contributed by atoms with Crippen molar-refractivity contribution in [2.45, 2.75) is 18.2 Å². The first-order valence-electron chi connectivity index (χ1n) is 11.0. The Morgan fingerprint density at radius 1 is 0.816 bits per heavy atom. The summed E-state index contributed by atoms with van der Waals surface area (Å²) in [6.07, 6.45) is -5.04. The second-order valence-electron chi connectivity index (χ2n) is 7.87. The Kier molecular flexibility index (Phi) is 7.57. The standard InChI is InChI=1S/C25H22F3N5O4S/c1-16-15-23(30-17-11-13-20(36-2)14-12-17)32-24(29-16)31-18-7-9-19(10-8-18)33-38(34,35)22-6-4-3-5-21(22)37-25(26,27)28/h3-15,33H,1-2H3,(H2,29,30,31,32). The molecule has 0 atom stereocenters. The number of anilines is 5. The minimum Gasteiger partial charge on any atom is -0.497 e. The summed E-state index contributed by atoms with van der Waals surface area (Å²) in [6.45, 7) is 1.81. The van der Waals surface area contributed by atoms with Crippen LogP contribution in [0, 0.1) is 6.92 Å². The average molecular weight is 546 g/mol. The topological polar surface area (TPSA) is 114 Å². The van der Waals surface area contributed by atoms with Crippen molar-refractivity contribution in [3.63, 3.8) is 0 Å². The first kappa shape index (κ1) is 26.5. The Morgan fingerprint density at radius 2 is 1.42 bits per heavy atom. The van der Waals surface area contributed by atoms with Crippen LogP contribution in [0.15, 0.2) is 83.8 Å². The van der Waals surface area contributed by atoms with Gasteiger partial charge < -0.3 is 20.1 Å². The minimum absolute atomic E-state index is 0.129. The lowest BCUT2D eigenvalue weighted by Gasteiger charge is -2.15. The van der Waals surface area contributed by atoms with E-state index in [1.165, 1.54) is 24.3 Å². The Balaban J connectivity index is 1.46. The number of nitrogens with zero attached hydrogens (tertiary/aromatic N) is 2. The van der Waals surface area contributed by atoms with Gasteiger partial charge >= 0.3 is 6.36 Å². The summed E-state index contributed by atoms with van der Waals surface area (Å²) in [5.41, 5.74) is 2.18. The second-order valence-corrected chi connectivity index (χ2v) is 9.52. The number of nitrogens with one attached hydrogen (secondary N) is 3. The van der Waals surface area contributed by atoms with E-state index in [1.807, 2.05) is 31.2 Å². The van der Waals surface area contributed by atoms with Crippen molar-refractivity contribution < 1.29 is 31.1 Å². The van der Waals surface area contributed by atoms with Crippen LogP contribution in [0.5, 0.6) is 11.5 Å². The molecule has 0 aliphatic heterocycles. The molecule has 0 unspecified atom stereocenters. The van der Waals surface area contributed by atoms with E-state index in [9.17, 15) is 21.6 Å². The Labute approximate surface area is 216 Å². The maximum atomic E-state index is 12.7. The summed E-state index contributed by atoms with van der Waals surface area (Å²) in [5.74, 6) is 0.740. The van der Waals surface area contributed by atoms with Gasteiger partial charge in [0.25, 0.3) is 10.0 Å². The van der Waals surface area contributed by atoms with Gasteiger partial charge in [0.2, 0.25) is 5.95 Å². The van der Waals surface area contributed by atoms with Crippen molar-refractivity contribution in [2.75, 3.05) is 22.5 Å². The number of hydrogen-bond donors (Lipinski definition) is 3. The molecule has 3 aromatic carbocycles. The molecule has 0 radical (unpaired) electrons. The van der Waals surface area contributed by atoms with Crippen molar-refractivity contribution in [2.24, 2.45) is 0 Å². The lowest BCUT2D eigenvalue weighted by atomic mass is 10.3. The molecule has 0 spiro atoms. The molecule has 1 heterocycles. The predicted octanol–water partition coefficient (Wildman–Crippen LogP) is 5.98. The number of ether oxygens (including phenoxy) is 2. The number of benzene rings is 3. The average Bonchev–Trinajstić information content (AvgIpc) is 2.84. The monoisotopic (exact) mass is 545 g/mol. The summed E-state index contributed by atoms with van der Waals surface area (Å²) in [5, 5.41) is 6.23. The summed E-state index contributed by atoms with van der Waals surface area (Å²) in [6, 6.07) is 19.6. The molecule has 0 bridgehead atoms. The van der Waals surface area contributed by atoms with Gasteiger partial charge in [0.05, 0.1) is 7.11 Å². The van der Waals surface area contributed by atoms with Crippen LogP contribution in [0.3, 0.4) is 0 Å². The zero-order chi connectivity index (χ0) is 27.3. The summed E-state index contributed by atoms with van der Waals surface area (Å²) < 4.78 is 74.8. The van der Waals surface area contributed by atoms with Crippen molar-refractivity contribution in [3.8, 4) is 11.5 Å². The molecule has 0 saturated carbocycles. The van der Waals surface area contributed by atoms with Gasteiger partial charge in [0, 0.05) is 28.8 Å². The van der Waals surface area contributed by atoms with Crippen LogP contribution in [-0.4, -0.2) is 31.9 Å². The first-order chi connectivity index (χ1) is 18.0. The van der Waals surface area contributed by atoms with Crippen LogP contribution < -0.4 is 24.8 Å². The number of rotatable bonds is 9. The molecule has 38 heavy (non-hydrogen) atoms. The second kappa shape index (κ2) is 10.8. The molecule has 3 N–H and O–H groups in total. The smallest absolute Gasteiger partial charge is 0.497 e. The lowest BCUT2D eigenvalue weighted by Crippen LogP contribution is -2.20. The van der Waals surface area contributed by atoms with Crippen LogP contribution in [0.4, 0.5) is 42.0 Å². The van der Waals surface area contributed by atoms with E-state index in [2.05, 4.69) is 30.1 Å². The summed E-state index contributed by atoms with van der Waals surface area (Å²) in [4.78, 5) is 8.16. The third-order valence-corrected chi connectivity index (χ3v) is 6.39. The molecule has 1 aromatic heterocycles. The van der Waals surface area contributed by atoms with Gasteiger partial charge in [-0.15, -0.1) is 13.2 Å². The molecular formula is C25H22F3N5O4S. The zero-order valence-electron chi connectivity index (χ0n) is 20.1. The van der Waals surface area contributed by atoms with Gasteiger partial charge in [-0.3, -0.25) is 4.72 Å². The fraction of sp³-hybridized carbons (Fsp3) is 0.120. The highest BCUT2D eigenvalue weighted by Gasteiger charge is 2.34. The largest absolute Gasteiger partial charge is 0.573 e. The number of alkyl halides is 3. The SMILES string of the molecule is COc1ccc(Nc2cc(C)nc(Nc3ccc(NS(=O)(=O)c4ccccc4OC(F)(F)F)cc3)n2)cc1. The minimum atomic E-state index is -5.04. The molecular weight excluding hydrogens is 523 g/mol. The number of sulfonamides is 1. The maximum absolute atomic E-state index is 12.7. The third kappa shape index (κ3) is 7.03. The predicted molar refractivity (Wildman–Crippen MR) is 137 cm³/mol. The number of aryl methyl sites for hydroxylation is 1. The molecule has 0 aliphatic carbocycles. The fourth-order valence-electron chi connectivity index (χ4n) is 3.35. The fourth-order valence-corrected chi connectivity index (χ4v) is 4.54. The quantitative estimate of drug-likeness (QED) is 0.235. The van der Waals surface area contributed by atoms with Crippen LogP contribution in [0.2, 0.25) is 0 Å². The molecule has 4 aromatic rings. The Hall–Kier alpha value is -4.52. The number of hydrogen-bond acceptors (Lipinski definition) is 8. The number of aromatic nitrogens is 2. The molecule has 9 nitrogen and oxygen atoms in total. The Morgan fingerprint density at radius 3 is 2.08 bits per heavy atom. The van der Waals surface area contributed by atoms with Crippen LogP contribution >= 0.6 is 0 Å². The van der Waals surface area contributed by atoms with Crippen molar-refractivity contribution in [1.82, 2.24) is 9.97 Å². The third-order valence-electron chi connectivity index (χ3n) is 4.97. The number of halogens is 3. The van der Waals surface area contributed by atoms with Gasteiger partial charge in [0.15, 0.2) is 0 Å². The molecule has 4 rings (SSSR count). The van der Waals surface area contributed by atoms with E-state index in [1.54, 1.807) is 25.3 Å². The van der Waals surface area contributed by atoms with Crippen molar-refractivity contribution in [3.05, 3.63) is 84.6 Å². The van der Waals surface area contributed by atoms with Crippen LogP contribution in [0.25, 0.3) is 0 Å². The van der Waals surface area contributed by atoms with Crippen LogP contribution in [0.1, 0.15) is 5.69 Å². The molecule has 198 valence electrons. The van der Waals surface area contributed by atoms with E-state index in [0.717, 1.165) is 23.6 Å². The van der Waals surface area contributed by atoms with Crippen LogP contribution in [-0.2, 0) is 10.0 Å². The molecule has 13 heteroatoms. The van der Waals surface area contributed by atoms with E-state index in [0.29, 0.717) is 23.1 Å². The number of para-hydroxylation sites is 1. The number of methoxy groups -OCH3 is 1. The zero-order valence-corrected chi connectivity index (χ0v) is 20.9. The normalized spacial score (nSPS) is 11.5. The van der Waals surface area contributed by atoms with E-state index < -0.39 is 27.0 Å². The highest BCUT2D eigenvalue weighted by molar-refractivity contribution is 7.92. The maximum Gasteiger partial charge on any atom is 0.573 e. The highest BCUT2D eigenvalue weighted by Crippen LogP contribution is 2.31. The highest BCUT2D eigenvalue weighted by atomic mass is 32.2. The molecule has 0 fully saturated rings. The summed E-state index contributed by atoms with van der Waals surface area (Å²) in [7, 11) is -2.78. The van der Waals surface area contributed by atoms with E-state index >= 15 is 0 Å². The molecule has 0 amide bonds.